The number of anilines is 3. The van der Waals surface area contributed by atoms with Gasteiger partial charge in [0.2, 0.25) is 0 Å². The minimum Gasteiger partial charge on any atom is -0.455 e. The number of nitrogens with zero attached hydrogens (tertiary/aromatic N) is 2. The molecule has 0 bridgehead atoms. The second-order valence-corrected chi connectivity index (χ2v) is 16.4. The Hall–Kier alpha value is -8.60. The van der Waals surface area contributed by atoms with E-state index in [0.717, 1.165) is 122 Å². The Balaban J connectivity index is 1.17. The van der Waals surface area contributed by atoms with Gasteiger partial charge in [0.25, 0.3) is 0 Å². The Morgan fingerprint density at radius 3 is 1.62 bits per heavy atom. The molecule has 0 saturated heterocycles. The van der Waals surface area contributed by atoms with Gasteiger partial charge < -0.3 is 18.3 Å². The van der Waals surface area contributed by atoms with Crippen LogP contribution in [0.15, 0.2) is 239 Å². The van der Waals surface area contributed by atoms with E-state index < -0.39 is 0 Å². The number of furan rings is 2. The zero-order valence-corrected chi connectivity index (χ0v) is 34.7. The maximum absolute atomic E-state index is 7.24. The third kappa shape index (κ3) is 5.56. The first-order valence-electron chi connectivity index (χ1n) is 21.8. The van der Waals surface area contributed by atoms with Crippen molar-refractivity contribution in [3.63, 3.8) is 0 Å². The summed E-state index contributed by atoms with van der Waals surface area (Å²) in [4.78, 5) is 2.42. The first kappa shape index (κ1) is 36.1. The molecule has 3 heterocycles. The van der Waals surface area contributed by atoms with Crippen molar-refractivity contribution < 1.29 is 8.83 Å². The number of hydrogen-bond donors (Lipinski definition) is 0. The quantitative estimate of drug-likeness (QED) is 0.161. The van der Waals surface area contributed by atoms with E-state index in [2.05, 4.69) is 240 Å². The Kier molecular flexibility index (Phi) is 8.18. The lowest BCUT2D eigenvalue weighted by molar-refractivity contribution is 0.669. The van der Waals surface area contributed by atoms with E-state index in [9.17, 15) is 0 Å². The van der Waals surface area contributed by atoms with Crippen LogP contribution in [0.4, 0.5) is 17.1 Å². The molecule has 0 unspecified atom stereocenters. The summed E-state index contributed by atoms with van der Waals surface area (Å²) in [5.74, 6) is 0. The van der Waals surface area contributed by atoms with Gasteiger partial charge in [0.15, 0.2) is 5.58 Å². The highest BCUT2D eigenvalue weighted by atomic mass is 16.3. The number of fused-ring (bicyclic) bond motifs is 9. The van der Waals surface area contributed by atoms with Crippen LogP contribution in [0.3, 0.4) is 0 Å². The van der Waals surface area contributed by atoms with Crippen molar-refractivity contribution in [3.05, 3.63) is 231 Å². The lowest BCUT2D eigenvalue weighted by Gasteiger charge is -2.27. The van der Waals surface area contributed by atoms with Crippen LogP contribution in [0.1, 0.15) is 0 Å². The van der Waals surface area contributed by atoms with Crippen LogP contribution in [-0.2, 0) is 0 Å². The predicted molar refractivity (Wildman–Crippen MR) is 266 cm³/mol. The van der Waals surface area contributed by atoms with Crippen molar-refractivity contribution in [2.45, 2.75) is 0 Å². The van der Waals surface area contributed by atoms with E-state index in [1.165, 1.54) is 0 Å². The molecular formula is C60H38N2O2. The van der Waals surface area contributed by atoms with Gasteiger partial charge in [-0.05, 0) is 82.9 Å². The lowest BCUT2D eigenvalue weighted by Crippen LogP contribution is -2.11. The number of para-hydroxylation sites is 4. The molecule has 0 atom stereocenters. The van der Waals surface area contributed by atoms with E-state index in [0.29, 0.717) is 0 Å². The van der Waals surface area contributed by atoms with E-state index in [-0.39, 0.29) is 0 Å². The Morgan fingerprint density at radius 2 is 0.875 bits per heavy atom. The van der Waals surface area contributed by atoms with E-state index in [4.69, 9.17) is 8.83 Å². The summed E-state index contributed by atoms with van der Waals surface area (Å²) in [6, 6.07) is 81.8. The molecule has 300 valence electrons. The van der Waals surface area contributed by atoms with Crippen molar-refractivity contribution in [2.24, 2.45) is 0 Å². The molecule has 10 aromatic carbocycles. The van der Waals surface area contributed by atoms with Crippen molar-refractivity contribution in [1.29, 1.82) is 0 Å². The predicted octanol–water partition coefficient (Wildman–Crippen LogP) is 17.1. The van der Waals surface area contributed by atoms with Crippen LogP contribution < -0.4 is 4.90 Å². The molecule has 0 radical (unpaired) electrons. The molecule has 0 aliphatic heterocycles. The minimum absolute atomic E-state index is 0.809. The van der Waals surface area contributed by atoms with Gasteiger partial charge in [-0.3, -0.25) is 0 Å². The molecule has 13 rings (SSSR count). The van der Waals surface area contributed by atoms with Crippen LogP contribution in [-0.4, -0.2) is 4.57 Å². The Morgan fingerprint density at radius 1 is 0.312 bits per heavy atom. The number of aromatic nitrogens is 1. The molecular weight excluding hydrogens is 781 g/mol. The lowest BCUT2D eigenvalue weighted by atomic mass is 9.98. The van der Waals surface area contributed by atoms with Gasteiger partial charge in [0.1, 0.15) is 16.7 Å². The van der Waals surface area contributed by atoms with E-state index in [1.54, 1.807) is 0 Å². The molecule has 0 amide bonds. The molecule has 0 aliphatic carbocycles. The highest BCUT2D eigenvalue weighted by Gasteiger charge is 2.28. The number of hydrogen-bond acceptors (Lipinski definition) is 3. The molecule has 0 spiro atoms. The summed E-state index contributed by atoms with van der Waals surface area (Å²) in [5.41, 5.74) is 16.2. The molecule has 13 aromatic rings. The normalized spacial score (nSPS) is 11.8. The van der Waals surface area contributed by atoms with Gasteiger partial charge in [-0.25, -0.2) is 0 Å². The SMILES string of the molecule is c1ccc(-c2ccc3c(c2)oc2c(-c4ccccc4)ccc(N(c4cccc5c4oc4c(-c6ccccc6)cccc45)c4cccc5c4c4ccccc4n5-c4ccccc4)c23)cc1. The third-order valence-electron chi connectivity index (χ3n) is 12.8. The second-order valence-electron chi connectivity index (χ2n) is 16.4. The maximum Gasteiger partial charge on any atom is 0.159 e. The molecule has 3 aromatic heterocycles. The van der Waals surface area contributed by atoms with E-state index >= 15 is 0 Å². The molecule has 0 aliphatic rings. The van der Waals surface area contributed by atoms with Crippen LogP contribution in [0.2, 0.25) is 0 Å². The summed E-state index contributed by atoms with van der Waals surface area (Å²) >= 11 is 0. The Labute approximate surface area is 369 Å². The summed E-state index contributed by atoms with van der Waals surface area (Å²) < 4.78 is 16.7. The minimum atomic E-state index is 0.809. The zero-order valence-electron chi connectivity index (χ0n) is 34.7. The molecule has 4 heteroatoms. The highest BCUT2D eigenvalue weighted by Crippen LogP contribution is 2.52. The van der Waals surface area contributed by atoms with Crippen molar-refractivity contribution in [3.8, 4) is 39.1 Å². The van der Waals surface area contributed by atoms with Gasteiger partial charge in [-0.2, -0.15) is 0 Å². The third-order valence-corrected chi connectivity index (χ3v) is 12.8. The molecule has 0 saturated carbocycles. The topological polar surface area (TPSA) is 34.5 Å². The largest absolute Gasteiger partial charge is 0.455 e. The van der Waals surface area contributed by atoms with Crippen molar-refractivity contribution >= 4 is 82.7 Å². The summed E-state index contributed by atoms with van der Waals surface area (Å²) in [6.45, 7) is 0. The standard InChI is InChI=1S/C60H38N2O2/c1-5-18-39(19-6-1)42-34-35-49-55(38-42)63-60-45(41-22-9-3-10-23-41)36-37-53(57(49)60)62(52-32-17-31-51-56(52)48-26-13-14-30-50(48)61(51)43-24-11-4-12-25-43)54-33-16-29-47-46-28-15-27-44(58(46)64-59(47)54)40-20-7-2-8-21-40/h1-38H. The fraction of sp³-hybridized carbons (Fsp3) is 0. The first-order chi connectivity index (χ1) is 31.8. The average Bonchev–Trinajstić information content (AvgIpc) is 4.06. The molecule has 0 fully saturated rings. The first-order valence-corrected chi connectivity index (χ1v) is 21.8. The van der Waals surface area contributed by atoms with Crippen LogP contribution in [0.5, 0.6) is 0 Å². The highest BCUT2D eigenvalue weighted by molar-refractivity contribution is 6.23. The van der Waals surface area contributed by atoms with Gasteiger partial charge in [-0.15, -0.1) is 0 Å². The smallest absolute Gasteiger partial charge is 0.159 e. The monoisotopic (exact) mass is 818 g/mol. The fourth-order valence-corrected chi connectivity index (χ4v) is 9.96. The molecule has 64 heavy (non-hydrogen) atoms. The summed E-state index contributed by atoms with van der Waals surface area (Å²) in [6.07, 6.45) is 0. The molecule has 0 N–H and O–H groups in total. The number of benzene rings is 10. The molecule has 4 nitrogen and oxygen atoms in total. The van der Waals surface area contributed by atoms with E-state index in [1.807, 2.05) is 0 Å². The van der Waals surface area contributed by atoms with Crippen LogP contribution >= 0.6 is 0 Å². The van der Waals surface area contributed by atoms with Crippen molar-refractivity contribution in [1.82, 2.24) is 4.57 Å². The number of rotatable bonds is 7. The Bertz CT molecular complexity index is 3880. The summed E-state index contributed by atoms with van der Waals surface area (Å²) in [5, 5.41) is 6.48. The van der Waals surface area contributed by atoms with Gasteiger partial charge in [-0.1, -0.05) is 170 Å². The van der Waals surface area contributed by atoms with Gasteiger partial charge in [0, 0.05) is 43.7 Å². The maximum atomic E-state index is 7.24. The fourth-order valence-electron chi connectivity index (χ4n) is 9.96. The average molecular weight is 819 g/mol. The zero-order chi connectivity index (χ0) is 42.1. The second kappa shape index (κ2) is 14.5. The van der Waals surface area contributed by atoms with Gasteiger partial charge in [0.05, 0.1) is 33.5 Å². The van der Waals surface area contributed by atoms with Crippen LogP contribution in [0.25, 0.3) is 105 Å². The summed E-state index contributed by atoms with van der Waals surface area (Å²) in [7, 11) is 0. The van der Waals surface area contributed by atoms with Crippen molar-refractivity contribution in [2.75, 3.05) is 4.90 Å². The van der Waals surface area contributed by atoms with Gasteiger partial charge >= 0.3 is 0 Å². The van der Waals surface area contributed by atoms with Crippen LogP contribution in [0, 0.1) is 0 Å².